The van der Waals surface area contributed by atoms with E-state index in [9.17, 15) is 18.8 Å². The van der Waals surface area contributed by atoms with Crippen LogP contribution in [0, 0.1) is 5.82 Å². The molecular formula is C17H20ClFN2O3. The van der Waals surface area contributed by atoms with Gasteiger partial charge in [0.2, 0.25) is 5.91 Å². The molecule has 2 rings (SSSR count). The van der Waals surface area contributed by atoms with E-state index in [2.05, 4.69) is 0 Å². The van der Waals surface area contributed by atoms with Crippen molar-refractivity contribution in [2.24, 2.45) is 0 Å². The molecule has 130 valence electrons. The standard InChI is InChI=1S/C17H20ClFN2O3/c1-12(22)6-7-15(23)20-8-3-9-21(11-10-20)17(24)16-13(18)4-2-5-14(16)19/h2,4-5H,3,6-11H2,1H3. The Morgan fingerprint density at radius 3 is 2.42 bits per heavy atom. The highest BCUT2D eigenvalue weighted by Crippen LogP contribution is 2.21. The highest BCUT2D eigenvalue weighted by Gasteiger charge is 2.25. The van der Waals surface area contributed by atoms with Crippen LogP contribution in [0.3, 0.4) is 0 Å². The third kappa shape index (κ3) is 4.54. The summed E-state index contributed by atoms with van der Waals surface area (Å²) in [7, 11) is 0. The first-order chi connectivity index (χ1) is 11.4. The number of carbonyl (C=O) groups excluding carboxylic acids is 3. The van der Waals surface area contributed by atoms with Gasteiger partial charge in [0.1, 0.15) is 11.6 Å². The lowest BCUT2D eigenvalue weighted by atomic mass is 10.1. The van der Waals surface area contributed by atoms with Crippen molar-refractivity contribution in [3.05, 3.63) is 34.6 Å². The molecule has 1 aliphatic rings. The molecule has 1 fully saturated rings. The highest BCUT2D eigenvalue weighted by molar-refractivity contribution is 6.33. The van der Waals surface area contributed by atoms with Crippen LogP contribution >= 0.6 is 11.6 Å². The minimum Gasteiger partial charge on any atom is -0.341 e. The van der Waals surface area contributed by atoms with Gasteiger partial charge in [0, 0.05) is 39.0 Å². The van der Waals surface area contributed by atoms with E-state index >= 15 is 0 Å². The van der Waals surface area contributed by atoms with Crippen LogP contribution in [0.25, 0.3) is 0 Å². The van der Waals surface area contributed by atoms with Crippen molar-refractivity contribution < 1.29 is 18.8 Å². The predicted octanol–water partition coefficient (Wildman–Crippen LogP) is 2.52. The third-order valence-electron chi connectivity index (χ3n) is 4.00. The van der Waals surface area contributed by atoms with Crippen LogP contribution in [0.4, 0.5) is 4.39 Å². The summed E-state index contributed by atoms with van der Waals surface area (Å²) in [4.78, 5) is 38.8. The zero-order chi connectivity index (χ0) is 17.7. The van der Waals surface area contributed by atoms with Crippen molar-refractivity contribution in [1.29, 1.82) is 0 Å². The van der Waals surface area contributed by atoms with Gasteiger partial charge in [-0.25, -0.2) is 4.39 Å². The lowest BCUT2D eigenvalue weighted by Crippen LogP contribution is -2.37. The van der Waals surface area contributed by atoms with Crippen LogP contribution in [0.1, 0.15) is 36.5 Å². The van der Waals surface area contributed by atoms with Crippen molar-refractivity contribution in [3.63, 3.8) is 0 Å². The molecule has 0 atom stereocenters. The van der Waals surface area contributed by atoms with E-state index < -0.39 is 11.7 Å². The zero-order valence-electron chi connectivity index (χ0n) is 13.6. The Balaban J connectivity index is 2.01. The molecule has 0 saturated carbocycles. The van der Waals surface area contributed by atoms with Crippen LogP contribution in [0.5, 0.6) is 0 Å². The lowest BCUT2D eigenvalue weighted by Gasteiger charge is -2.22. The first-order valence-corrected chi connectivity index (χ1v) is 8.28. The number of benzene rings is 1. The second kappa shape index (κ2) is 8.24. The van der Waals surface area contributed by atoms with Crippen LogP contribution in [-0.4, -0.2) is 53.6 Å². The fourth-order valence-corrected chi connectivity index (χ4v) is 2.92. The Morgan fingerprint density at radius 2 is 1.75 bits per heavy atom. The Hall–Kier alpha value is -1.95. The maximum atomic E-state index is 13.9. The van der Waals surface area contributed by atoms with Crippen LogP contribution in [0.15, 0.2) is 18.2 Å². The number of hydrogen-bond acceptors (Lipinski definition) is 3. The maximum Gasteiger partial charge on any atom is 0.258 e. The number of halogens is 2. The number of Topliss-reactive ketones (excluding diaryl/α,β-unsaturated/α-hetero) is 1. The van der Waals surface area contributed by atoms with Crippen LogP contribution in [-0.2, 0) is 9.59 Å². The molecule has 1 aromatic rings. The largest absolute Gasteiger partial charge is 0.341 e. The van der Waals surface area contributed by atoms with Crippen molar-refractivity contribution in [2.45, 2.75) is 26.2 Å². The summed E-state index contributed by atoms with van der Waals surface area (Å²) in [6, 6.07) is 4.13. The van der Waals surface area contributed by atoms with E-state index in [1.807, 2.05) is 0 Å². The molecule has 0 aromatic heterocycles. The van der Waals surface area contributed by atoms with E-state index in [1.54, 1.807) is 4.90 Å². The summed E-state index contributed by atoms with van der Waals surface area (Å²) in [6.45, 7) is 3.09. The van der Waals surface area contributed by atoms with Gasteiger partial charge in [0.05, 0.1) is 10.6 Å². The minimum atomic E-state index is -0.647. The predicted molar refractivity (Wildman–Crippen MR) is 88.4 cm³/mol. The molecule has 1 heterocycles. The summed E-state index contributed by atoms with van der Waals surface area (Å²) in [5.74, 6) is -1.23. The van der Waals surface area contributed by atoms with E-state index in [0.717, 1.165) is 0 Å². The number of carbonyl (C=O) groups is 3. The van der Waals surface area contributed by atoms with Crippen molar-refractivity contribution in [1.82, 2.24) is 9.80 Å². The quantitative estimate of drug-likeness (QED) is 0.834. The lowest BCUT2D eigenvalue weighted by molar-refractivity contribution is -0.132. The van der Waals surface area contributed by atoms with Gasteiger partial charge in [0.25, 0.3) is 5.91 Å². The molecule has 5 nitrogen and oxygen atoms in total. The van der Waals surface area contributed by atoms with Crippen molar-refractivity contribution >= 4 is 29.2 Å². The Bertz CT molecular complexity index is 630. The van der Waals surface area contributed by atoms with E-state index in [4.69, 9.17) is 11.6 Å². The number of ketones is 1. The van der Waals surface area contributed by atoms with Crippen LogP contribution < -0.4 is 0 Å². The van der Waals surface area contributed by atoms with Gasteiger partial charge in [0.15, 0.2) is 0 Å². The van der Waals surface area contributed by atoms with E-state index in [-0.39, 0.29) is 35.1 Å². The van der Waals surface area contributed by atoms with Crippen molar-refractivity contribution in [3.8, 4) is 0 Å². The summed E-state index contributed by atoms with van der Waals surface area (Å²) in [5.41, 5.74) is -0.129. The molecule has 0 bridgehead atoms. The Kier molecular flexibility index (Phi) is 6.31. The molecule has 0 spiro atoms. The highest BCUT2D eigenvalue weighted by atomic mass is 35.5. The van der Waals surface area contributed by atoms with Gasteiger partial charge < -0.3 is 14.6 Å². The minimum absolute atomic E-state index is 0.0239. The van der Waals surface area contributed by atoms with Gasteiger partial charge in [-0.1, -0.05) is 17.7 Å². The second-order valence-electron chi connectivity index (χ2n) is 5.83. The molecule has 1 aliphatic heterocycles. The summed E-state index contributed by atoms with van der Waals surface area (Å²) in [5, 5.41) is 0.0821. The van der Waals surface area contributed by atoms with E-state index in [1.165, 1.54) is 30.0 Å². The SMILES string of the molecule is CC(=O)CCC(=O)N1CCCN(C(=O)c2c(F)cccc2Cl)CC1. The molecule has 1 saturated heterocycles. The first-order valence-electron chi connectivity index (χ1n) is 7.90. The van der Waals surface area contributed by atoms with Gasteiger partial charge in [-0.3, -0.25) is 9.59 Å². The number of hydrogen-bond donors (Lipinski definition) is 0. The summed E-state index contributed by atoms with van der Waals surface area (Å²) >= 11 is 5.95. The molecular weight excluding hydrogens is 335 g/mol. The van der Waals surface area contributed by atoms with Gasteiger partial charge >= 0.3 is 0 Å². The Morgan fingerprint density at radius 1 is 1.08 bits per heavy atom. The smallest absolute Gasteiger partial charge is 0.258 e. The number of nitrogens with zero attached hydrogens (tertiary/aromatic N) is 2. The molecule has 2 amide bonds. The van der Waals surface area contributed by atoms with Crippen LogP contribution in [0.2, 0.25) is 5.02 Å². The third-order valence-corrected chi connectivity index (χ3v) is 4.32. The summed E-state index contributed by atoms with van der Waals surface area (Å²) in [6.07, 6.45) is 1.01. The summed E-state index contributed by atoms with van der Waals surface area (Å²) < 4.78 is 13.9. The van der Waals surface area contributed by atoms with Gasteiger partial charge in [-0.2, -0.15) is 0 Å². The molecule has 24 heavy (non-hydrogen) atoms. The first kappa shape index (κ1) is 18.4. The number of amides is 2. The molecule has 0 unspecified atom stereocenters. The fourth-order valence-electron chi connectivity index (χ4n) is 2.67. The molecule has 0 radical (unpaired) electrons. The van der Waals surface area contributed by atoms with Gasteiger partial charge in [-0.05, 0) is 25.5 Å². The van der Waals surface area contributed by atoms with Crippen molar-refractivity contribution in [2.75, 3.05) is 26.2 Å². The monoisotopic (exact) mass is 354 g/mol. The average molecular weight is 355 g/mol. The molecule has 0 N–H and O–H groups in total. The fraction of sp³-hybridized carbons (Fsp3) is 0.471. The molecule has 0 aliphatic carbocycles. The average Bonchev–Trinajstić information content (AvgIpc) is 2.78. The topological polar surface area (TPSA) is 57.7 Å². The maximum absolute atomic E-state index is 13.9. The second-order valence-corrected chi connectivity index (χ2v) is 6.23. The zero-order valence-corrected chi connectivity index (χ0v) is 14.3. The van der Waals surface area contributed by atoms with E-state index in [0.29, 0.717) is 32.6 Å². The van der Waals surface area contributed by atoms with Gasteiger partial charge in [-0.15, -0.1) is 0 Å². The molecule has 1 aromatic carbocycles. The normalized spacial score (nSPS) is 15.1. The number of rotatable bonds is 4. The Labute approximate surface area is 145 Å². The molecule has 7 heteroatoms.